The number of carbonyl (C=O) groups excluding carboxylic acids is 3. The highest BCUT2D eigenvalue weighted by molar-refractivity contribution is 7.89. The van der Waals surface area contributed by atoms with Gasteiger partial charge in [-0.25, -0.2) is 31.2 Å². The number of nitrogens with two attached hydrogens (primary N) is 1. The van der Waals surface area contributed by atoms with Crippen LogP contribution in [0.15, 0.2) is 94.7 Å². The number of rotatable bonds is 33. The van der Waals surface area contributed by atoms with Crippen LogP contribution in [-0.4, -0.2) is 201 Å². The highest BCUT2D eigenvalue weighted by Gasteiger charge is 2.46. The molecular weight excluding hydrogens is 1330 g/mol. The number of unbranched alkanes of at least 4 members (excludes halogenated alkanes) is 2. The fourth-order valence-electron chi connectivity index (χ4n) is 12.0. The maximum atomic E-state index is 13.9. The minimum atomic E-state index is -4.09. The lowest BCUT2D eigenvalue weighted by atomic mass is 10.0. The molecule has 4 fully saturated rings. The zero-order valence-electron chi connectivity index (χ0n) is 57.4. The average Bonchev–Trinajstić information content (AvgIpc) is 1.68. The third-order valence-electron chi connectivity index (χ3n) is 17.0. The summed E-state index contributed by atoms with van der Waals surface area (Å²) in [6.45, 7) is 16.2. The fraction of sp³-hybridized carbons (Fsp3) is 0.609. The fourth-order valence-corrected chi connectivity index (χ4v) is 15.3. The van der Waals surface area contributed by atoms with E-state index in [0.29, 0.717) is 93.3 Å². The Morgan fingerprint density at radius 2 is 0.990 bits per heavy atom. The largest absolute Gasteiger partial charge is 0.494 e. The van der Waals surface area contributed by atoms with Gasteiger partial charge >= 0.3 is 18.3 Å². The van der Waals surface area contributed by atoms with Crippen LogP contribution in [0.2, 0.25) is 0 Å². The molecule has 0 bridgehead atoms. The first-order valence-electron chi connectivity index (χ1n) is 34.0. The van der Waals surface area contributed by atoms with Gasteiger partial charge in [0.1, 0.15) is 29.3 Å². The summed E-state index contributed by atoms with van der Waals surface area (Å²) in [4.78, 5) is 38.3. The van der Waals surface area contributed by atoms with Crippen LogP contribution in [-0.2, 0) is 66.0 Å². The number of hydrogen-bond acceptors (Lipinski definition) is 23. The monoisotopic (exact) mass is 1430 g/mol. The predicted molar refractivity (Wildman–Crippen MR) is 359 cm³/mol. The highest BCUT2D eigenvalue weighted by Crippen LogP contribution is 2.38. The smallest absolute Gasteiger partial charge is 0.407 e. The summed E-state index contributed by atoms with van der Waals surface area (Å²) in [5.41, 5.74) is 6.58. The summed E-state index contributed by atoms with van der Waals surface area (Å²) in [5, 5.41) is 31.6. The molecule has 6 aliphatic heterocycles. The third kappa shape index (κ3) is 22.0. The number of nitrogens with one attached hydrogen (secondary N) is 3. The molecule has 0 aliphatic carbocycles. The van der Waals surface area contributed by atoms with Crippen molar-refractivity contribution in [3.63, 3.8) is 0 Å². The van der Waals surface area contributed by atoms with Crippen molar-refractivity contribution in [1.29, 1.82) is 0 Å². The Bertz CT molecular complexity index is 3490. The number of fused-ring (bicyclic) bond motifs is 4. The van der Waals surface area contributed by atoms with E-state index in [4.69, 9.17) is 67.3 Å². The number of carbonyl (C=O) groups is 3. The Labute approximate surface area is 580 Å². The molecule has 30 heteroatoms. The predicted octanol–water partition coefficient (Wildman–Crippen LogP) is 6.85. The Morgan fingerprint density at radius 1 is 0.566 bits per heavy atom. The summed E-state index contributed by atoms with van der Waals surface area (Å²) in [7, 11) is -8.14. The first kappa shape index (κ1) is 76.2. The molecule has 0 radical (unpaired) electrons. The number of alkyl carbamates (subject to hydrolysis) is 3. The number of hydrogen-bond donors (Lipinski definition) is 6. The zero-order chi connectivity index (χ0) is 70.9. The van der Waals surface area contributed by atoms with Crippen LogP contribution in [0.4, 0.5) is 14.4 Å². The molecule has 0 unspecified atom stereocenters. The van der Waals surface area contributed by atoms with E-state index >= 15 is 0 Å². The van der Waals surface area contributed by atoms with Crippen LogP contribution in [0.25, 0.3) is 0 Å². The molecule has 0 spiro atoms. The SMILES string of the molecule is CC(C)CN(C[C@@H](O)[C@H](Cc1ccc(OCCCCN)cc1)NC(=O)O[C@H]1CO[C@H]2OCC[C@H]21)S(=O)(=O)c1ccc2c(c1)OCO2.CC(C)CN(C[C@@H](O)[C@H](Cc1ccc(OCCCCNC(=O)OC(C)(C)C)cc1)NC(=O)O[C@H]1CO[C@H]2OCC[C@H]21)S(=O)(=O)c1ccc2c(c1)OCO2. The van der Waals surface area contributed by atoms with Crippen molar-refractivity contribution >= 4 is 38.3 Å². The van der Waals surface area contributed by atoms with Gasteiger partial charge in [-0.3, -0.25) is 0 Å². The van der Waals surface area contributed by atoms with Crippen molar-refractivity contribution in [2.75, 3.05) is 92.5 Å². The maximum Gasteiger partial charge on any atom is 0.407 e. The molecule has 4 aromatic carbocycles. The van der Waals surface area contributed by atoms with Crippen molar-refractivity contribution in [2.45, 2.75) is 164 Å². The van der Waals surface area contributed by atoms with Gasteiger partial charge in [-0.1, -0.05) is 52.0 Å². The van der Waals surface area contributed by atoms with Crippen LogP contribution < -0.4 is 50.1 Å². The highest BCUT2D eigenvalue weighted by atomic mass is 32.2. The number of sulfonamides is 2. The lowest BCUT2D eigenvalue weighted by molar-refractivity contribution is -0.0909. The standard InChI is InChI=1S/C37H53N3O12S.C32H45N3O10S/c1-24(2)20-40(53(44,45)27-12-13-31-32(19-27)50-23-49-31)21-30(41)29(39-36(43)51-33-22-48-34-28(33)14-17-47-34)18-25-8-10-26(11-9-25)46-16-7-6-15-38-35(42)52-37(3,4)5;1-21(2)17-35(46(38,39)24-9-10-28-29(16-24)44-20-43-28)18-27(36)26(15-22-5-7-23(8-6-22)40-13-4-3-12-33)34-32(37)45-30-19-42-31-25(30)11-14-41-31/h8-13,19,24,28-30,33-34,41H,6-7,14-18,20-23H2,1-5H3,(H,38,42)(H,39,43);5-10,16,21,25-27,30-31,36H,3-4,11-15,17-20,33H2,1-2H3,(H,34,37)/t28-,29-,30+,33-,34+;25-,26-,27+,30-,31+/m00/s1. The van der Waals surface area contributed by atoms with E-state index in [1.807, 2.05) is 84.9 Å². The van der Waals surface area contributed by atoms with E-state index in [2.05, 4.69) is 16.0 Å². The van der Waals surface area contributed by atoms with Crippen molar-refractivity contribution < 1.29 is 103 Å². The van der Waals surface area contributed by atoms with Gasteiger partial charge in [0.05, 0.1) is 85.6 Å². The lowest BCUT2D eigenvalue weighted by Gasteiger charge is -2.31. The van der Waals surface area contributed by atoms with Crippen molar-refractivity contribution in [3.8, 4) is 34.5 Å². The van der Waals surface area contributed by atoms with Gasteiger partial charge in [-0.05, 0) is 150 Å². The average molecular weight is 1430 g/mol. The second kappa shape index (κ2) is 35.6. The van der Waals surface area contributed by atoms with Crippen molar-refractivity contribution in [2.24, 2.45) is 29.4 Å². The Morgan fingerprint density at radius 3 is 1.40 bits per heavy atom. The molecule has 6 heterocycles. The van der Waals surface area contributed by atoms with Gasteiger partial charge in [0.25, 0.3) is 0 Å². The molecule has 0 aromatic heterocycles. The number of aliphatic hydroxyl groups excluding tert-OH is 2. The summed E-state index contributed by atoms with van der Waals surface area (Å²) >= 11 is 0. The molecule has 28 nitrogen and oxygen atoms in total. The van der Waals surface area contributed by atoms with Gasteiger partial charge in [0.2, 0.25) is 33.6 Å². The molecule has 4 saturated heterocycles. The van der Waals surface area contributed by atoms with Crippen LogP contribution in [0, 0.1) is 23.7 Å². The normalized spacial score (nSPS) is 21.1. The summed E-state index contributed by atoms with van der Waals surface area (Å²) < 4.78 is 130. The number of amides is 3. The van der Waals surface area contributed by atoms with E-state index < -0.39 is 86.7 Å². The second-order valence-electron chi connectivity index (χ2n) is 27.1. The van der Waals surface area contributed by atoms with Crippen molar-refractivity contribution in [3.05, 3.63) is 96.1 Å². The first-order valence-corrected chi connectivity index (χ1v) is 36.9. The summed E-state index contributed by atoms with van der Waals surface area (Å²) in [6.07, 6.45) is -1.38. The van der Waals surface area contributed by atoms with Gasteiger partial charge in [0.15, 0.2) is 35.6 Å². The van der Waals surface area contributed by atoms with Crippen LogP contribution >= 0.6 is 0 Å². The molecule has 10 atom stereocenters. The summed E-state index contributed by atoms with van der Waals surface area (Å²) in [5.74, 6) is 2.66. The van der Waals surface area contributed by atoms with Crippen molar-refractivity contribution in [1.82, 2.24) is 24.6 Å². The molecule has 10 rings (SSSR count). The number of aliphatic hydroxyl groups is 2. The Hall–Kier alpha value is -6.97. The third-order valence-corrected chi connectivity index (χ3v) is 20.7. The Kier molecular flexibility index (Phi) is 27.4. The number of ether oxygens (including phenoxy) is 13. The van der Waals surface area contributed by atoms with Crippen LogP contribution in [0.1, 0.15) is 98.1 Å². The molecule has 7 N–H and O–H groups in total. The van der Waals surface area contributed by atoms with E-state index in [1.54, 1.807) is 24.3 Å². The number of nitrogens with zero attached hydrogens (tertiary/aromatic N) is 2. The topological polar surface area (TPSA) is 349 Å². The molecular formula is C69H98N6O22S2. The molecule has 99 heavy (non-hydrogen) atoms. The van der Waals surface area contributed by atoms with Crippen LogP contribution in [0.5, 0.6) is 34.5 Å². The Balaban J connectivity index is 0.000000234. The van der Waals surface area contributed by atoms with Gasteiger partial charge < -0.3 is 93.5 Å². The molecule has 4 aromatic rings. The maximum absolute atomic E-state index is 13.9. The first-order chi connectivity index (χ1) is 47.3. The van der Waals surface area contributed by atoms with Crippen LogP contribution in [0.3, 0.4) is 0 Å². The van der Waals surface area contributed by atoms with Gasteiger partial charge in [-0.15, -0.1) is 0 Å². The van der Waals surface area contributed by atoms with E-state index in [-0.39, 0.29) is 106 Å². The number of benzene rings is 4. The quantitative estimate of drug-likeness (QED) is 0.0210. The zero-order valence-corrected chi connectivity index (χ0v) is 59.0. The molecule has 6 aliphatic rings. The molecule has 3 amide bonds. The van der Waals surface area contributed by atoms with Gasteiger partial charge in [0, 0.05) is 44.9 Å². The van der Waals surface area contributed by atoms with Gasteiger partial charge in [-0.2, -0.15) is 8.61 Å². The van der Waals surface area contributed by atoms with E-state index in [0.717, 1.165) is 30.4 Å². The minimum Gasteiger partial charge on any atom is -0.494 e. The molecule has 0 saturated carbocycles. The minimum absolute atomic E-state index is 0.000311. The van der Waals surface area contributed by atoms with E-state index in [9.17, 15) is 41.4 Å². The molecule has 548 valence electrons. The second-order valence-corrected chi connectivity index (χ2v) is 30.9. The lowest BCUT2D eigenvalue weighted by Crippen LogP contribution is -2.51. The summed E-state index contributed by atoms with van der Waals surface area (Å²) in [6, 6.07) is 21.6. The van der Waals surface area contributed by atoms with E-state index in [1.165, 1.54) is 32.9 Å².